The molecular formula is C23H22O2. The zero-order valence-electron chi connectivity index (χ0n) is 14.4. The minimum Gasteiger partial charge on any atom is -0.457 e. The third kappa shape index (κ3) is 3.18. The summed E-state index contributed by atoms with van der Waals surface area (Å²) in [5.74, 6) is 1.61. The lowest BCUT2D eigenvalue weighted by molar-refractivity contribution is 0.199. The molecule has 1 aliphatic carbocycles. The van der Waals surface area contributed by atoms with E-state index in [1.54, 1.807) is 6.92 Å². The van der Waals surface area contributed by atoms with Crippen molar-refractivity contribution in [1.82, 2.24) is 0 Å². The Hall–Kier alpha value is -2.58. The molecule has 0 heterocycles. The van der Waals surface area contributed by atoms with Gasteiger partial charge < -0.3 is 9.84 Å². The number of benzene rings is 3. The Morgan fingerprint density at radius 3 is 1.80 bits per heavy atom. The quantitative estimate of drug-likeness (QED) is 0.658. The summed E-state index contributed by atoms with van der Waals surface area (Å²) in [6, 6.07) is 26.8. The number of ether oxygens (including phenoxy) is 1. The van der Waals surface area contributed by atoms with Crippen molar-refractivity contribution in [2.45, 2.75) is 31.3 Å². The maximum Gasteiger partial charge on any atom is 0.127 e. The molecule has 3 aromatic rings. The van der Waals surface area contributed by atoms with Gasteiger partial charge in [0.15, 0.2) is 0 Å². The Morgan fingerprint density at radius 1 is 0.760 bits per heavy atom. The second-order valence-electron chi connectivity index (χ2n) is 6.82. The number of rotatable bonds is 5. The van der Waals surface area contributed by atoms with Crippen molar-refractivity contribution in [2.75, 3.05) is 0 Å². The van der Waals surface area contributed by atoms with Crippen LogP contribution in [0.4, 0.5) is 0 Å². The summed E-state index contributed by atoms with van der Waals surface area (Å²) in [5.41, 5.74) is 3.84. The van der Waals surface area contributed by atoms with E-state index in [4.69, 9.17) is 4.74 Å². The van der Waals surface area contributed by atoms with Crippen LogP contribution in [-0.2, 0) is 5.41 Å². The van der Waals surface area contributed by atoms with Gasteiger partial charge in [-0.2, -0.15) is 0 Å². The molecule has 25 heavy (non-hydrogen) atoms. The van der Waals surface area contributed by atoms with E-state index in [9.17, 15) is 5.11 Å². The first-order valence-corrected chi connectivity index (χ1v) is 8.79. The molecule has 126 valence electrons. The minimum absolute atomic E-state index is 0.193. The number of hydrogen-bond donors (Lipinski definition) is 1. The van der Waals surface area contributed by atoms with Gasteiger partial charge >= 0.3 is 0 Å². The van der Waals surface area contributed by atoms with E-state index < -0.39 is 6.10 Å². The fourth-order valence-electron chi connectivity index (χ4n) is 3.42. The predicted octanol–water partition coefficient (Wildman–Crippen LogP) is 5.61. The van der Waals surface area contributed by atoms with Crippen LogP contribution in [0, 0.1) is 0 Å². The highest BCUT2D eigenvalue weighted by Crippen LogP contribution is 2.53. The van der Waals surface area contributed by atoms with Crippen molar-refractivity contribution in [2.24, 2.45) is 0 Å². The molecule has 0 aliphatic heterocycles. The highest BCUT2D eigenvalue weighted by Gasteiger charge is 2.45. The van der Waals surface area contributed by atoms with Gasteiger partial charge in [0.2, 0.25) is 0 Å². The van der Waals surface area contributed by atoms with Crippen molar-refractivity contribution in [3.63, 3.8) is 0 Å². The second-order valence-corrected chi connectivity index (χ2v) is 6.82. The highest BCUT2D eigenvalue weighted by molar-refractivity contribution is 5.46. The zero-order valence-corrected chi connectivity index (χ0v) is 14.4. The van der Waals surface area contributed by atoms with Crippen molar-refractivity contribution >= 4 is 0 Å². The summed E-state index contributed by atoms with van der Waals surface area (Å²) in [7, 11) is 0. The maximum atomic E-state index is 9.57. The van der Waals surface area contributed by atoms with Crippen LogP contribution in [0.3, 0.4) is 0 Å². The molecule has 4 rings (SSSR count). The SMILES string of the molecule is CC(O)c1ccc(Oc2ccc(C3(c4ccccc4)CC3)cc2)cc1. The zero-order chi connectivity index (χ0) is 17.3. The third-order valence-corrected chi connectivity index (χ3v) is 5.08. The van der Waals surface area contributed by atoms with Gasteiger partial charge in [0.1, 0.15) is 11.5 Å². The van der Waals surface area contributed by atoms with Crippen LogP contribution < -0.4 is 4.74 Å². The summed E-state index contributed by atoms with van der Waals surface area (Å²) >= 11 is 0. The van der Waals surface area contributed by atoms with Gasteiger partial charge in [-0.3, -0.25) is 0 Å². The van der Waals surface area contributed by atoms with E-state index in [0.29, 0.717) is 0 Å². The van der Waals surface area contributed by atoms with E-state index >= 15 is 0 Å². The first kappa shape index (κ1) is 15.9. The van der Waals surface area contributed by atoms with Crippen molar-refractivity contribution < 1.29 is 9.84 Å². The highest BCUT2D eigenvalue weighted by atomic mass is 16.5. The Bertz CT molecular complexity index is 830. The first-order chi connectivity index (χ1) is 12.2. The summed E-state index contributed by atoms with van der Waals surface area (Å²) < 4.78 is 5.93. The molecular weight excluding hydrogens is 308 g/mol. The van der Waals surface area contributed by atoms with Gasteiger partial charge in [-0.05, 0) is 60.7 Å². The molecule has 1 saturated carbocycles. The van der Waals surface area contributed by atoms with Crippen LogP contribution in [0.5, 0.6) is 11.5 Å². The molecule has 2 heteroatoms. The lowest BCUT2D eigenvalue weighted by Crippen LogP contribution is -2.07. The molecule has 0 bridgehead atoms. The molecule has 3 aromatic carbocycles. The minimum atomic E-state index is -0.457. The number of hydrogen-bond acceptors (Lipinski definition) is 2. The van der Waals surface area contributed by atoms with E-state index in [2.05, 4.69) is 42.5 Å². The Morgan fingerprint density at radius 2 is 1.28 bits per heavy atom. The largest absolute Gasteiger partial charge is 0.457 e. The molecule has 0 radical (unpaired) electrons. The number of aliphatic hydroxyl groups excluding tert-OH is 1. The number of aliphatic hydroxyl groups is 1. The molecule has 1 unspecified atom stereocenters. The molecule has 0 spiro atoms. The summed E-state index contributed by atoms with van der Waals surface area (Å²) in [6.07, 6.45) is 1.96. The Balaban J connectivity index is 1.51. The van der Waals surface area contributed by atoms with Crippen LogP contribution in [-0.4, -0.2) is 5.11 Å². The van der Waals surface area contributed by atoms with Crippen LogP contribution in [0.25, 0.3) is 0 Å². The monoisotopic (exact) mass is 330 g/mol. The molecule has 1 atom stereocenters. The Kier molecular flexibility index (Phi) is 4.06. The van der Waals surface area contributed by atoms with Gasteiger partial charge in [-0.1, -0.05) is 54.6 Å². The fraction of sp³-hybridized carbons (Fsp3) is 0.217. The second kappa shape index (κ2) is 6.38. The standard InChI is InChI=1S/C23H22O2/c1-17(24)18-7-11-21(12-8-18)25-22-13-9-20(10-14-22)23(15-16-23)19-5-3-2-4-6-19/h2-14,17,24H,15-16H2,1H3. The van der Waals surface area contributed by atoms with Crippen molar-refractivity contribution in [3.8, 4) is 11.5 Å². The van der Waals surface area contributed by atoms with Crippen LogP contribution in [0.1, 0.15) is 42.6 Å². The van der Waals surface area contributed by atoms with E-state index in [-0.39, 0.29) is 5.41 Å². The first-order valence-electron chi connectivity index (χ1n) is 8.79. The van der Waals surface area contributed by atoms with Gasteiger partial charge in [0.05, 0.1) is 6.10 Å². The van der Waals surface area contributed by atoms with Gasteiger partial charge in [0, 0.05) is 5.41 Å². The maximum absolute atomic E-state index is 9.57. The normalized spacial score (nSPS) is 16.2. The third-order valence-electron chi connectivity index (χ3n) is 5.08. The molecule has 0 amide bonds. The summed E-state index contributed by atoms with van der Waals surface area (Å²) in [4.78, 5) is 0. The van der Waals surface area contributed by atoms with Gasteiger partial charge in [0.25, 0.3) is 0 Å². The Labute approximate surface area is 148 Å². The van der Waals surface area contributed by atoms with Crippen LogP contribution >= 0.6 is 0 Å². The van der Waals surface area contributed by atoms with Crippen LogP contribution in [0.15, 0.2) is 78.9 Å². The lowest BCUT2D eigenvalue weighted by Gasteiger charge is -2.17. The topological polar surface area (TPSA) is 29.5 Å². The molecule has 1 fully saturated rings. The predicted molar refractivity (Wildman–Crippen MR) is 100 cm³/mol. The van der Waals surface area contributed by atoms with Crippen molar-refractivity contribution in [3.05, 3.63) is 95.6 Å². The average molecular weight is 330 g/mol. The van der Waals surface area contributed by atoms with Crippen LogP contribution in [0.2, 0.25) is 0 Å². The lowest BCUT2D eigenvalue weighted by atomic mass is 9.88. The van der Waals surface area contributed by atoms with Crippen molar-refractivity contribution in [1.29, 1.82) is 0 Å². The van der Waals surface area contributed by atoms with E-state index in [1.165, 1.54) is 24.0 Å². The van der Waals surface area contributed by atoms with Gasteiger partial charge in [-0.25, -0.2) is 0 Å². The fourth-order valence-corrected chi connectivity index (χ4v) is 3.42. The smallest absolute Gasteiger partial charge is 0.127 e. The summed E-state index contributed by atoms with van der Waals surface area (Å²) in [5, 5.41) is 9.57. The van der Waals surface area contributed by atoms with E-state index in [0.717, 1.165) is 17.1 Å². The molecule has 2 nitrogen and oxygen atoms in total. The molecule has 0 aromatic heterocycles. The van der Waals surface area contributed by atoms with Gasteiger partial charge in [-0.15, -0.1) is 0 Å². The molecule has 1 N–H and O–H groups in total. The van der Waals surface area contributed by atoms with E-state index in [1.807, 2.05) is 36.4 Å². The summed E-state index contributed by atoms with van der Waals surface area (Å²) in [6.45, 7) is 1.76. The molecule has 0 saturated heterocycles. The average Bonchev–Trinajstić information content (AvgIpc) is 3.45. The molecule has 1 aliphatic rings.